The molecule has 0 unspecified atom stereocenters. The first-order valence-corrected chi connectivity index (χ1v) is 10.6. The van der Waals surface area contributed by atoms with Gasteiger partial charge in [-0.2, -0.15) is 0 Å². The fraction of sp³-hybridized carbons (Fsp3) is 0.350. The molecule has 2 aromatic rings. The van der Waals surface area contributed by atoms with Gasteiger partial charge in [-0.3, -0.25) is 4.79 Å². The van der Waals surface area contributed by atoms with Crippen LogP contribution in [0, 0.1) is 5.82 Å². The van der Waals surface area contributed by atoms with Gasteiger partial charge in [0, 0.05) is 30.8 Å². The number of carbonyl (C=O) groups is 1. The minimum Gasteiger partial charge on any atom is -0.339 e. The van der Waals surface area contributed by atoms with Crippen LogP contribution in [0.15, 0.2) is 53.4 Å². The summed E-state index contributed by atoms with van der Waals surface area (Å²) in [4.78, 5) is 14.5. The predicted octanol–water partition coefficient (Wildman–Crippen LogP) is 3.32. The standard InChI is InChI=1S/C20H23FN2O3S/c21-19-11-4-3-8-17(19)15-22-27(25,26)18-10-7-9-16(14-18)20(24)23-12-5-1-2-6-13-23/h3-4,7-11,14,22H,1-2,5-6,12-13,15H2. The van der Waals surface area contributed by atoms with Crippen LogP contribution in [0.3, 0.4) is 0 Å². The number of amides is 1. The van der Waals surface area contributed by atoms with Crippen molar-refractivity contribution in [3.63, 3.8) is 0 Å². The van der Waals surface area contributed by atoms with Crippen molar-refractivity contribution in [1.82, 2.24) is 9.62 Å². The number of halogens is 1. The van der Waals surface area contributed by atoms with Gasteiger partial charge in [0.2, 0.25) is 10.0 Å². The number of rotatable bonds is 5. The predicted molar refractivity (Wildman–Crippen MR) is 101 cm³/mol. The van der Waals surface area contributed by atoms with Gasteiger partial charge in [0.05, 0.1) is 4.90 Å². The molecule has 1 aliphatic heterocycles. The Hall–Kier alpha value is -2.25. The minimum absolute atomic E-state index is 0.000453. The van der Waals surface area contributed by atoms with Crippen LogP contribution < -0.4 is 4.72 Å². The van der Waals surface area contributed by atoms with E-state index in [1.54, 1.807) is 29.2 Å². The van der Waals surface area contributed by atoms with E-state index in [9.17, 15) is 17.6 Å². The zero-order chi connectivity index (χ0) is 19.3. The molecule has 1 aliphatic rings. The number of sulfonamides is 1. The molecule has 27 heavy (non-hydrogen) atoms. The largest absolute Gasteiger partial charge is 0.339 e. The first-order valence-electron chi connectivity index (χ1n) is 9.10. The number of likely N-dealkylation sites (tertiary alicyclic amines) is 1. The van der Waals surface area contributed by atoms with Crippen LogP contribution in [0.2, 0.25) is 0 Å². The Labute approximate surface area is 159 Å². The summed E-state index contributed by atoms with van der Waals surface area (Å²) in [6.45, 7) is 1.24. The number of hydrogen-bond acceptors (Lipinski definition) is 3. The molecule has 1 saturated heterocycles. The van der Waals surface area contributed by atoms with Crippen molar-refractivity contribution in [2.75, 3.05) is 13.1 Å². The van der Waals surface area contributed by atoms with E-state index in [0.29, 0.717) is 18.7 Å². The minimum atomic E-state index is -3.86. The number of nitrogens with one attached hydrogen (secondary N) is 1. The smallest absolute Gasteiger partial charge is 0.253 e. The van der Waals surface area contributed by atoms with Crippen LogP contribution >= 0.6 is 0 Å². The Morgan fingerprint density at radius 2 is 1.70 bits per heavy atom. The molecule has 1 fully saturated rings. The Kier molecular flexibility index (Phi) is 6.23. The van der Waals surface area contributed by atoms with E-state index >= 15 is 0 Å². The van der Waals surface area contributed by atoms with Crippen LogP contribution in [-0.4, -0.2) is 32.3 Å². The fourth-order valence-corrected chi connectivity index (χ4v) is 4.20. The van der Waals surface area contributed by atoms with Crippen LogP contribution in [-0.2, 0) is 16.6 Å². The van der Waals surface area contributed by atoms with Gasteiger partial charge in [0.15, 0.2) is 0 Å². The molecule has 0 atom stereocenters. The molecule has 2 aromatic carbocycles. The van der Waals surface area contributed by atoms with Gasteiger partial charge in [-0.15, -0.1) is 0 Å². The lowest BCUT2D eigenvalue weighted by atomic mass is 10.2. The van der Waals surface area contributed by atoms with Gasteiger partial charge in [0.25, 0.3) is 5.91 Å². The molecule has 7 heteroatoms. The van der Waals surface area contributed by atoms with E-state index in [0.717, 1.165) is 25.7 Å². The second kappa shape index (κ2) is 8.63. The van der Waals surface area contributed by atoms with Gasteiger partial charge in [-0.1, -0.05) is 37.1 Å². The van der Waals surface area contributed by atoms with Crippen LogP contribution in [0.25, 0.3) is 0 Å². The lowest BCUT2D eigenvalue weighted by Gasteiger charge is -2.20. The average molecular weight is 390 g/mol. The van der Waals surface area contributed by atoms with E-state index in [2.05, 4.69) is 4.72 Å². The Balaban J connectivity index is 1.75. The lowest BCUT2D eigenvalue weighted by molar-refractivity contribution is 0.0761. The van der Waals surface area contributed by atoms with Gasteiger partial charge < -0.3 is 4.90 Å². The summed E-state index contributed by atoms with van der Waals surface area (Å²) < 4.78 is 41.2. The molecule has 144 valence electrons. The molecule has 0 spiro atoms. The molecule has 0 aliphatic carbocycles. The summed E-state index contributed by atoms with van der Waals surface area (Å²) in [5.74, 6) is -0.617. The zero-order valence-corrected chi connectivity index (χ0v) is 15.8. The van der Waals surface area contributed by atoms with E-state index in [1.807, 2.05) is 0 Å². The lowest BCUT2D eigenvalue weighted by Crippen LogP contribution is -2.32. The molecule has 1 amide bonds. The molecule has 3 rings (SSSR count). The van der Waals surface area contributed by atoms with Crippen molar-refractivity contribution < 1.29 is 17.6 Å². The Morgan fingerprint density at radius 3 is 2.41 bits per heavy atom. The Bertz CT molecular complexity index is 907. The van der Waals surface area contributed by atoms with Crippen LogP contribution in [0.1, 0.15) is 41.6 Å². The number of nitrogens with zero attached hydrogens (tertiary/aromatic N) is 1. The van der Waals surface area contributed by atoms with Crippen molar-refractivity contribution in [2.45, 2.75) is 37.1 Å². The topological polar surface area (TPSA) is 66.5 Å². The molecule has 0 bridgehead atoms. The second-order valence-electron chi connectivity index (χ2n) is 6.65. The summed E-state index contributed by atoms with van der Waals surface area (Å²) in [5, 5.41) is 0. The second-order valence-corrected chi connectivity index (χ2v) is 8.42. The summed E-state index contributed by atoms with van der Waals surface area (Å²) in [6, 6.07) is 12.0. The third-order valence-electron chi connectivity index (χ3n) is 4.70. The fourth-order valence-electron chi connectivity index (χ4n) is 3.15. The number of benzene rings is 2. The summed E-state index contributed by atoms with van der Waals surface area (Å²) in [5.41, 5.74) is 0.614. The molecular weight excluding hydrogens is 367 g/mol. The van der Waals surface area contributed by atoms with Crippen molar-refractivity contribution in [3.05, 3.63) is 65.5 Å². The van der Waals surface area contributed by atoms with Crippen molar-refractivity contribution >= 4 is 15.9 Å². The first-order chi connectivity index (χ1) is 13.0. The monoisotopic (exact) mass is 390 g/mol. The van der Waals surface area contributed by atoms with Crippen LogP contribution in [0.4, 0.5) is 4.39 Å². The SMILES string of the molecule is O=C(c1cccc(S(=O)(=O)NCc2ccccc2F)c1)N1CCCCCC1. The third kappa shape index (κ3) is 4.93. The third-order valence-corrected chi connectivity index (χ3v) is 6.09. The molecular formula is C20H23FN2O3S. The van der Waals surface area contributed by atoms with E-state index in [-0.39, 0.29) is 22.9 Å². The molecule has 0 aromatic heterocycles. The highest BCUT2D eigenvalue weighted by Gasteiger charge is 2.20. The van der Waals surface area contributed by atoms with E-state index < -0.39 is 15.8 Å². The van der Waals surface area contributed by atoms with Crippen molar-refractivity contribution in [2.24, 2.45) is 0 Å². The summed E-state index contributed by atoms with van der Waals surface area (Å²) in [7, 11) is -3.86. The van der Waals surface area contributed by atoms with Gasteiger partial charge >= 0.3 is 0 Å². The van der Waals surface area contributed by atoms with Gasteiger partial charge in [-0.25, -0.2) is 17.5 Å². The summed E-state index contributed by atoms with van der Waals surface area (Å²) >= 11 is 0. The highest BCUT2D eigenvalue weighted by atomic mass is 32.2. The van der Waals surface area contributed by atoms with E-state index in [1.165, 1.54) is 24.3 Å². The highest BCUT2D eigenvalue weighted by Crippen LogP contribution is 2.17. The zero-order valence-electron chi connectivity index (χ0n) is 15.0. The maximum Gasteiger partial charge on any atom is 0.253 e. The number of carbonyl (C=O) groups excluding carboxylic acids is 1. The maximum atomic E-state index is 13.7. The molecule has 5 nitrogen and oxygen atoms in total. The van der Waals surface area contributed by atoms with Gasteiger partial charge in [-0.05, 0) is 37.1 Å². The quantitative estimate of drug-likeness (QED) is 0.852. The Morgan fingerprint density at radius 1 is 1.00 bits per heavy atom. The van der Waals surface area contributed by atoms with Crippen LogP contribution in [0.5, 0.6) is 0 Å². The molecule has 1 heterocycles. The normalized spacial score (nSPS) is 15.4. The van der Waals surface area contributed by atoms with Crippen molar-refractivity contribution in [3.8, 4) is 0 Å². The molecule has 1 N–H and O–H groups in total. The highest BCUT2D eigenvalue weighted by molar-refractivity contribution is 7.89. The van der Waals surface area contributed by atoms with Gasteiger partial charge in [0.1, 0.15) is 5.82 Å². The average Bonchev–Trinajstić information content (AvgIpc) is 2.96. The first kappa shape index (κ1) is 19.5. The molecule has 0 saturated carbocycles. The van der Waals surface area contributed by atoms with Crippen molar-refractivity contribution in [1.29, 1.82) is 0 Å². The number of hydrogen-bond donors (Lipinski definition) is 1. The summed E-state index contributed by atoms with van der Waals surface area (Å²) in [6.07, 6.45) is 4.15. The molecule has 0 radical (unpaired) electrons. The maximum absolute atomic E-state index is 13.7. The van der Waals surface area contributed by atoms with E-state index in [4.69, 9.17) is 0 Å².